The summed E-state index contributed by atoms with van der Waals surface area (Å²) in [5.74, 6) is 35.4. The number of unbranched alkanes of at least 4 members (excludes halogenated alkanes) is 11. The summed E-state index contributed by atoms with van der Waals surface area (Å²) in [6, 6.07) is 48.7. The van der Waals surface area contributed by atoms with Crippen LogP contribution in [0.25, 0.3) is 61.3 Å². The first-order valence-corrected chi connectivity index (χ1v) is 43.0. The van der Waals surface area contributed by atoms with Crippen molar-refractivity contribution in [3.8, 4) is 0 Å². The van der Waals surface area contributed by atoms with Crippen LogP contribution in [0.2, 0.25) is 0 Å². The molecule has 111 heavy (non-hydrogen) atoms. The second kappa shape index (κ2) is 49.8. The van der Waals surface area contributed by atoms with Crippen molar-refractivity contribution in [2.75, 3.05) is 103 Å². The zero-order valence-corrected chi connectivity index (χ0v) is 69.1. The highest BCUT2D eigenvalue weighted by Gasteiger charge is 2.22. The van der Waals surface area contributed by atoms with Crippen molar-refractivity contribution in [1.29, 1.82) is 0 Å². The molecule has 6 aromatic heterocycles. The van der Waals surface area contributed by atoms with Crippen LogP contribution in [0.3, 0.4) is 0 Å². The maximum absolute atomic E-state index is 11.0. The molecule has 0 unspecified atom stereocenters. The molecular weight excluding hydrogens is 1510 g/mol. The maximum atomic E-state index is 11.0. The Labute approximate surface area is 676 Å². The van der Waals surface area contributed by atoms with Gasteiger partial charge in [0.1, 0.15) is 6.61 Å². The van der Waals surface area contributed by atoms with E-state index in [0.29, 0.717) is 58.5 Å². The van der Waals surface area contributed by atoms with E-state index in [1.54, 1.807) is 91.8 Å². The molecule has 12 N–H and O–H groups in total. The molecule has 1 fully saturated rings. The van der Waals surface area contributed by atoms with E-state index < -0.39 is 0 Å². The van der Waals surface area contributed by atoms with Gasteiger partial charge in [0.25, 0.3) is 0 Å². The molecule has 1 aliphatic carbocycles. The average Bonchev–Trinajstić information content (AvgIpc) is 1.62. The van der Waals surface area contributed by atoms with E-state index in [1.165, 1.54) is 122 Å². The van der Waals surface area contributed by atoms with E-state index in [9.17, 15) is 9.59 Å². The van der Waals surface area contributed by atoms with Gasteiger partial charge in [-0.25, -0.2) is 69.8 Å². The molecule has 1 aliphatic rings. The Morgan fingerprint density at radius 1 is 0.405 bits per heavy atom. The molecule has 0 amide bonds. The summed E-state index contributed by atoms with van der Waals surface area (Å²) < 4.78 is 27.1. The van der Waals surface area contributed by atoms with Gasteiger partial charge in [0, 0.05) is 38.7 Å². The third kappa shape index (κ3) is 30.2. The first-order chi connectivity index (χ1) is 54.2. The SMILES string of the molecule is C=CC(=O)OCCCCCN(N)c1nc2ccccc2s1.C=CCN(N)c1nc2ccccc2s1.CCC(=O)OCCN(N)c1nc2ccccc2s1.CCCCCCCCCCCCN(N)c1nc2ccccc2s1.COCCOCCN(N)c1nc2ccccc2s1.NN(c1nc2ccccc2s1)C1CCCCC1. The quantitative estimate of drug-likeness (QED) is 0.00526. The number of nitrogens with zero attached hydrogens (tertiary/aromatic N) is 12. The molecular formula is C81H110N18O6S6. The van der Waals surface area contributed by atoms with Crippen molar-refractivity contribution in [1.82, 2.24) is 29.9 Å². The van der Waals surface area contributed by atoms with E-state index in [0.717, 1.165) is 121 Å². The van der Waals surface area contributed by atoms with Crippen LogP contribution in [0.15, 0.2) is 171 Å². The van der Waals surface area contributed by atoms with Crippen LogP contribution in [0.1, 0.15) is 136 Å². The van der Waals surface area contributed by atoms with Crippen molar-refractivity contribution in [3.05, 3.63) is 171 Å². The van der Waals surface area contributed by atoms with Crippen molar-refractivity contribution in [2.45, 2.75) is 142 Å². The highest BCUT2D eigenvalue weighted by atomic mass is 32.1. The molecule has 30 heteroatoms. The molecule has 0 bridgehead atoms. The lowest BCUT2D eigenvalue weighted by atomic mass is 9.95. The number of anilines is 6. The highest BCUT2D eigenvalue weighted by Crippen LogP contribution is 2.34. The van der Waals surface area contributed by atoms with Crippen LogP contribution in [0.5, 0.6) is 0 Å². The fraction of sp³-hybridized carbons (Fsp3) is 0.407. The standard InChI is InChI=1S/C19H31N3S.C15H19N3O2S.C13H17N3S.C12H17N3O2S.C12H15N3O2S.C10H11N3S/c1-2-3-4-5-6-7-8-9-10-13-16-22(20)19-21-17-14-11-12-15-18(17)23-19;1-2-14(19)20-11-7-3-6-10-18(16)15-17-12-8-4-5-9-13(12)21-15;14-16(10-6-2-1-3-7-10)13-15-11-8-4-5-9-12(11)17-13;1-16-8-9-17-7-6-15(13)12-14-10-4-2-3-5-11(10)18-12;1-2-11(16)17-8-7-15(13)12-14-9-5-3-4-6-10(9)18-12;1-2-7-13(11)10-12-8-5-3-4-6-9(8)14-10/h11-12,14-15H,2-10,13,16,20H2,1H3;2,4-5,8-9H,1,3,6-7,10-11,16H2;4-5,8-10H,1-3,6-7,14H2;2-5H,6-9,13H2,1H3;3-6H,2,7-8,13H2,1H3;2-6H,1,7,11H2. The van der Waals surface area contributed by atoms with E-state index in [4.69, 9.17) is 54.0 Å². The van der Waals surface area contributed by atoms with Crippen LogP contribution in [0, 0.1) is 0 Å². The van der Waals surface area contributed by atoms with Crippen molar-refractivity contribution in [2.24, 2.45) is 35.1 Å². The Bertz CT molecular complexity index is 4440. The first kappa shape index (κ1) is 88.1. The highest BCUT2D eigenvalue weighted by molar-refractivity contribution is 7.24. The summed E-state index contributed by atoms with van der Waals surface area (Å²) in [6.45, 7) is 16.8. The number of fused-ring (bicyclic) bond motifs is 6. The Morgan fingerprint density at radius 3 is 1.12 bits per heavy atom. The fourth-order valence-corrected chi connectivity index (χ4v) is 16.8. The number of hydrogen-bond donors (Lipinski definition) is 6. The smallest absolute Gasteiger partial charge is 0.330 e. The first-order valence-electron chi connectivity index (χ1n) is 38.1. The second-order valence-corrected chi connectivity index (χ2v) is 32.0. The van der Waals surface area contributed by atoms with Gasteiger partial charge in [-0.05, 0) is 111 Å². The lowest BCUT2D eigenvalue weighted by Gasteiger charge is -2.29. The topological polar surface area (TPSA) is 324 Å². The number of rotatable bonds is 37. The molecule has 0 saturated heterocycles. The minimum absolute atomic E-state index is 0.215. The van der Waals surface area contributed by atoms with Gasteiger partial charge < -0.3 is 18.9 Å². The zero-order chi connectivity index (χ0) is 78.8. The predicted octanol–water partition coefficient (Wildman–Crippen LogP) is 17.8. The second-order valence-electron chi connectivity index (χ2n) is 26.0. The number of esters is 2. The van der Waals surface area contributed by atoms with Crippen molar-refractivity contribution < 1.29 is 28.5 Å². The number of thiazole rings is 6. The number of hydrogen-bond acceptors (Lipinski definition) is 30. The minimum Gasteiger partial charge on any atom is -0.464 e. The molecule has 1 saturated carbocycles. The van der Waals surface area contributed by atoms with E-state index in [-0.39, 0.29) is 18.5 Å². The number of benzene rings is 6. The van der Waals surface area contributed by atoms with Crippen LogP contribution in [-0.4, -0.2) is 121 Å². The van der Waals surface area contributed by atoms with Crippen LogP contribution >= 0.6 is 68.0 Å². The molecule has 6 aromatic carbocycles. The van der Waals surface area contributed by atoms with Crippen LogP contribution in [-0.2, 0) is 28.5 Å². The van der Waals surface area contributed by atoms with Gasteiger partial charge >= 0.3 is 11.9 Å². The monoisotopic (exact) mass is 1620 g/mol. The number of nitrogens with two attached hydrogens (primary N) is 6. The van der Waals surface area contributed by atoms with E-state index >= 15 is 0 Å². The van der Waals surface area contributed by atoms with Crippen molar-refractivity contribution in [3.63, 3.8) is 0 Å². The van der Waals surface area contributed by atoms with Crippen LogP contribution in [0.4, 0.5) is 30.8 Å². The fourth-order valence-electron chi connectivity index (χ4n) is 11.3. The Morgan fingerprint density at radius 2 is 0.748 bits per heavy atom. The Kier molecular flexibility index (Phi) is 39.6. The molecule has 0 aliphatic heterocycles. The lowest BCUT2D eigenvalue weighted by molar-refractivity contribution is -0.143. The third-order valence-electron chi connectivity index (χ3n) is 17.4. The molecule has 0 atom stereocenters. The number of para-hydroxylation sites is 6. The molecule has 12 aromatic rings. The molecule has 0 spiro atoms. The number of carbonyl (C=O) groups excluding carboxylic acids is 2. The third-order valence-corrected chi connectivity index (χ3v) is 23.9. The summed E-state index contributed by atoms with van der Waals surface area (Å²) in [5, 5.41) is 15.2. The van der Waals surface area contributed by atoms with Gasteiger partial charge in [-0.1, -0.05) is 244 Å². The number of methoxy groups -OCH3 is 1. The van der Waals surface area contributed by atoms with Crippen molar-refractivity contribution >= 4 is 172 Å². The van der Waals surface area contributed by atoms with Gasteiger partial charge in [-0.2, -0.15) is 0 Å². The summed E-state index contributed by atoms with van der Waals surface area (Å²) in [4.78, 5) is 48.8. The van der Waals surface area contributed by atoms with Gasteiger partial charge in [-0.3, -0.25) is 34.8 Å². The van der Waals surface area contributed by atoms with E-state index in [1.807, 2.05) is 143 Å². The predicted molar refractivity (Wildman–Crippen MR) is 470 cm³/mol. The minimum atomic E-state index is -0.370. The van der Waals surface area contributed by atoms with Gasteiger partial charge in [0.05, 0.1) is 107 Å². The summed E-state index contributed by atoms with van der Waals surface area (Å²) in [5.41, 5.74) is 5.98. The van der Waals surface area contributed by atoms with Crippen LogP contribution < -0.4 is 65.1 Å². The normalized spacial score (nSPS) is 11.8. The summed E-state index contributed by atoms with van der Waals surface area (Å²) >= 11 is 9.65. The zero-order valence-electron chi connectivity index (χ0n) is 64.2. The number of ether oxygens (including phenoxy) is 4. The molecule has 13 rings (SSSR count). The number of hydrazine groups is 6. The van der Waals surface area contributed by atoms with Gasteiger partial charge in [0.2, 0.25) is 30.8 Å². The average molecular weight is 1620 g/mol. The van der Waals surface area contributed by atoms with Gasteiger partial charge in [-0.15, -0.1) is 6.58 Å². The number of aromatic nitrogens is 6. The Hall–Kier alpha value is -8.44. The summed E-state index contributed by atoms with van der Waals surface area (Å²) in [7, 11) is 1.65. The maximum Gasteiger partial charge on any atom is 0.330 e. The molecule has 6 heterocycles. The molecule has 596 valence electrons. The summed E-state index contributed by atoms with van der Waals surface area (Å²) in [6.07, 6.45) is 25.9. The molecule has 24 nitrogen and oxygen atoms in total. The molecule has 0 radical (unpaired) electrons. The number of carbonyl (C=O) groups is 2. The lowest BCUT2D eigenvalue weighted by Crippen LogP contribution is -2.42. The van der Waals surface area contributed by atoms with Gasteiger partial charge in [0.15, 0.2) is 0 Å². The largest absolute Gasteiger partial charge is 0.464 e. The Balaban J connectivity index is 0.000000168. The van der Waals surface area contributed by atoms with E-state index in [2.05, 4.69) is 62.1 Å².